The number of nitrogens with two attached hydrogens (primary N) is 1. The van der Waals surface area contributed by atoms with E-state index in [-0.39, 0.29) is 20.8 Å². The lowest BCUT2D eigenvalue weighted by Crippen LogP contribution is -2.30. The van der Waals surface area contributed by atoms with E-state index < -0.39 is 10.0 Å². The predicted octanol–water partition coefficient (Wildman–Crippen LogP) is 2.25. The Balaban J connectivity index is 3.16. The van der Waals surface area contributed by atoms with Crippen molar-refractivity contribution in [2.24, 2.45) is 11.7 Å². The number of hydrogen-bond donors (Lipinski definition) is 1. The first-order valence-corrected chi connectivity index (χ1v) is 7.94. The summed E-state index contributed by atoms with van der Waals surface area (Å²) in [7, 11) is -1.99. The molecule has 0 amide bonds. The van der Waals surface area contributed by atoms with Gasteiger partial charge in [0.2, 0.25) is 10.0 Å². The zero-order chi connectivity index (χ0) is 14.8. The van der Waals surface area contributed by atoms with Gasteiger partial charge in [0.05, 0.1) is 9.92 Å². The number of halogens is 1. The summed E-state index contributed by atoms with van der Waals surface area (Å²) >= 11 is 10.8. The van der Waals surface area contributed by atoms with Crippen molar-refractivity contribution in [3.63, 3.8) is 0 Å². The van der Waals surface area contributed by atoms with Crippen LogP contribution in [0.25, 0.3) is 0 Å². The van der Waals surface area contributed by atoms with Gasteiger partial charge in [0.1, 0.15) is 4.99 Å². The second-order valence-electron chi connectivity index (χ2n) is 4.69. The number of sulfonamides is 1. The first-order chi connectivity index (χ1) is 8.66. The van der Waals surface area contributed by atoms with Gasteiger partial charge in [-0.1, -0.05) is 37.7 Å². The van der Waals surface area contributed by atoms with E-state index in [4.69, 9.17) is 29.6 Å². The van der Waals surface area contributed by atoms with Gasteiger partial charge in [-0.05, 0) is 24.1 Å². The summed E-state index contributed by atoms with van der Waals surface area (Å²) in [5.74, 6) is 0.242. The molecule has 0 aliphatic carbocycles. The van der Waals surface area contributed by atoms with Crippen LogP contribution in [0.3, 0.4) is 0 Å². The van der Waals surface area contributed by atoms with E-state index in [9.17, 15) is 8.42 Å². The monoisotopic (exact) mass is 320 g/mol. The summed E-state index contributed by atoms with van der Waals surface area (Å²) in [6, 6.07) is 4.37. The molecule has 0 unspecified atom stereocenters. The number of benzene rings is 1. The average molecular weight is 321 g/mol. The van der Waals surface area contributed by atoms with E-state index in [2.05, 4.69) is 0 Å². The molecule has 4 nitrogen and oxygen atoms in total. The maximum absolute atomic E-state index is 12.3. The Hall–Kier alpha value is -0.690. The largest absolute Gasteiger partial charge is 0.389 e. The summed E-state index contributed by atoms with van der Waals surface area (Å²) in [5.41, 5.74) is 5.96. The Morgan fingerprint density at radius 2 is 2.05 bits per heavy atom. The van der Waals surface area contributed by atoms with Gasteiger partial charge in [0.15, 0.2) is 0 Å². The van der Waals surface area contributed by atoms with E-state index in [1.807, 2.05) is 13.8 Å². The molecule has 0 bridgehead atoms. The third kappa shape index (κ3) is 3.89. The molecule has 0 aromatic heterocycles. The van der Waals surface area contributed by atoms with Crippen LogP contribution in [-0.2, 0) is 10.0 Å². The van der Waals surface area contributed by atoms with Gasteiger partial charge in [-0.25, -0.2) is 12.7 Å². The van der Waals surface area contributed by atoms with Crippen LogP contribution in [0.2, 0.25) is 5.02 Å². The van der Waals surface area contributed by atoms with E-state index >= 15 is 0 Å². The van der Waals surface area contributed by atoms with E-state index in [1.54, 1.807) is 7.05 Å². The molecule has 7 heteroatoms. The number of thiocarbonyl (C=S) groups is 1. The first-order valence-electron chi connectivity index (χ1n) is 5.72. The molecule has 19 heavy (non-hydrogen) atoms. The van der Waals surface area contributed by atoms with Gasteiger partial charge in [0, 0.05) is 19.2 Å². The zero-order valence-electron chi connectivity index (χ0n) is 11.1. The van der Waals surface area contributed by atoms with Gasteiger partial charge < -0.3 is 5.73 Å². The Labute approximate surface area is 124 Å². The molecule has 1 rings (SSSR count). The average Bonchev–Trinajstić information content (AvgIpc) is 2.27. The molecule has 0 aliphatic rings. The van der Waals surface area contributed by atoms with Crippen LogP contribution in [0.4, 0.5) is 0 Å². The molecule has 0 radical (unpaired) electrons. The summed E-state index contributed by atoms with van der Waals surface area (Å²) in [4.78, 5) is 0.283. The molecule has 0 spiro atoms. The van der Waals surface area contributed by atoms with Crippen LogP contribution < -0.4 is 5.73 Å². The van der Waals surface area contributed by atoms with Crippen molar-refractivity contribution in [1.29, 1.82) is 0 Å². The molecule has 2 N–H and O–H groups in total. The fraction of sp³-hybridized carbons (Fsp3) is 0.417. The Bertz CT molecular complexity index is 585. The van der Waals surface area contributed by atoms with Crippen molar-refractivity contribution in [3.05, 3.63) is 28.8 Å². The molecule has 1 aromatic rings. The second kappa shape index (κ2) is 6.17. The molecule has 0 atom stereocenters. The maximum atomic E-state index is 12.3. The predicted molar refractivity (Wildman–Crippen MR) is 82.0 cm³/mol. The minimum absolute atomic E-state index is 0.139. The number of hydrogen-bond acceptors (Lipinski definition) is 3. The molecular weight excluding hydrogens is 304 g/mol. The third-order valence-electron chi connectivity index (χ3n) is 2.54. The fourth-order valence-corrected chi connectivity index (χ4v) is 3.59. The normalized spacial score (nSPS) is 12.1. The molecular formula is C12H17ClN2O2S2. The van der Waals surface area contributed by atoms with Gasteiger partial charge >= 0.3 is 0 Å². The van der Waals surface area contributed by atoms with Crippen LogP contribution in [-0.4, -0.2) is 31.3 Å². The first kappa shape index (κ1) is 16.4. The lowest BCUT2D eigenvalue weighted by atomic mass is 10.2. The fourth-order valence-electron chi connectivity index (χ4n) is 1.65. The second-order valence-corrected chi connectivity index (χ2v) is 7.58. The Morgan fingerprint density at radius 3 is 2.47 bits per heavy atom. The summed E-state index contributed by atoms with van der Waals surface area (Å²) in [5, 5.41) is 0.242. The van der Waals surface area contributed by atoms with Crippen molar-refractivity contribution in [2.75, 3.05) is 13.6 Å². The van der Waals surface area contributed by atoms with Crippen LogP contribution in [0.15, 0.2) is 23.1 Å². The highest BCUT2D eigenvalue weighted by Crippen LogP contribution is 2.23. The lowest BCUT2D eigenvalue weighted by molar-refractivity contribution is 0.417. The lowest BCUT2D eigenvalue weighted by Gasteiger charge is -2.19. The van der Waals surface area contributed by atoms with Crippen LogP contribution >= 0.6 is 23.8 Å². The van der Waals surface area contributed by atoms with Crippen LogP contribution in [0, 0.1) is 5.92 Å². The summed E-state index contributed by atoms with van der Waals surface area (Å²) < 4.78 is 25.9. The Morgan fingerprint density at radius 1 is 1.47 bits per heavy atom. The standard InChI is InChI=1S/C12H17ClN2O2S2/c1-8(2)7-15(3)19(16,17)9-4-5-10(12(14)18)11(13)6-9/h4-6,8H,7H2,1-3H3,(H2,14,18). The van der Waals surface area contributed by atoms with Crippen LogP contribution in [0.1, 0.15) is 19.4 Å². The van der Waals surface area contributed by atoms with Crippen molar-refractivity contribution in [3.8, 4) is 0 Å². The third-order valence-corrected chi connectivity index (χ3v) is 4.89. The van der Waals surface area contributed by atoms with Crippen molar-refractivity contribution in [1.82, 2.24) is 4.31 Å². The molecule has 0 heterocycles. The number of nitrogens with zero attached hydrogens (tertiary/aromatic N) is 1. The quantitative estimate of drug-likeness (QED) is 0.845. The zero-order valence-corrected chi connectivity index (χ0v) is 13.4. The SMILES string of the molecule is CC(C)CN(C)S(=O)(=O)c1ccc(C(N)=S)c(Cl)c1. The summed E-state index contributed by atoms with van der Waals surface area (Å²) in [6.07, 6.45) is 0. The van der Waals surface area contributed by atoms with Gasteiger partial charge in [0.25, 0.3) is 0 Å². The van der Waals surface area contributed by atoms with E-state index in [0.717, 1.165) is 0 Å². The smallest absolute Gasteiger partial charge is 0.242 e. The molecule has 106 valence electrons. The van der Waals surface area contributed by atoms with E-state index in [0.29, 0.717) is 12.1 Å². The molecule has 0 fully saturated rings. The molecule has 1 aromatic carbocycles. The molecule has 0 saturated carbocycles. The van der Waals surface area contributed by atoms with Crippen molar-refractivity contribution >= 4 is 38.8 Å². The maximum Gasteiger partial charge on any atom is 0.242 e. The minimum Gasteiger partial charge on any atom is -0.389 e. The van der Waals surface area contributed by atoms with Crippen LogP contribution in [0.5, 0.6) is 0 Å². The Kier molecular flexibility index (Phi) is 5.32. The van der Waals surface area contributed by atoms with E-state index in [1.165, 1.54) is 22.5 Å². The number of rotatable bonds is 5. The summed E-state index contributed by atoms with van der Waals surface area (Å²) in [6.45, 7) is 4.35. The van der Waals surface area contributed by atoms with Gasteiger partial charge in [-0.2, -0.15) is 0 Å². The molecule has 0 saturated heterocycles. The highest BCUT2D eigenvalue weighted by Gasteiger charge is 2.22. The minimum atomic E-state index is -3.53. The molecule has 0 aliphatic heterocycles. The van der Waals surface area contributed by atoms with Gasteiger partial charge in [-0.15, -0.1) is 0 Å². The topological polar surface area (TPSA) is 63.4 Å². The van der Waals surface area contributed by atoms with Gasteiger partial charge in [-0.3, -0.25) is 0 Å². The van der Waals surface area contributed by atoms with Crippen molar-refractivity contribution in [2.45, 2.75) is 18.7 Å². The highest BCUT2D eigenvalue weighted by atomic mass is 35.5. The highest BCUT2D eigenvalue weighted by molar-refractivity contribution is 7.89. The van der Waals surface area contributed by atoms with Crippen molar-refractivity contribution < 1.29 is 8.42 Å².